The molecule has 0 saturated carbocycles. The lowest BCUT2D eigenvalue weighted by atomic mass is 10.0. The first-order valence-corrected chi connectivity index (χ1v) is 7.83. The quantitative estimate of drug-likeness (QED) is 0.764. The van der Waals surface area contributed by atoms with Gasteiger partial charge in [0.05, 0.1) is 6.61 Å². The van der Waals surface area contributed by atoms with Crippen molar-refractivity contribution >= 4 is 11.6 Å². The molecule has 0 aliphatic carbocycles. The average molecular weight is 312 g/mol. The summed E-state index contributed by atoms with van der Waals surface area (Å²) in [4.78, 5) is 11.2. The van der Waals surface area contributed by atoms with Gasteiger partial charge in [0.25, 0.3) is 0 Å². The Bertz CT molecular complexity index is 670. The monoisotopic (exact) mass is 312 g/mol. The first kappa shape index (κ1) is 17.2. The standard InChI is InChI=1S/C19H24N2O2/c1-13(17-7-4-6-16(10-17)12-22)20-14(2)18-8-5-9-19(11-18)21-15(3)23/h4-11,13-14,20,22H,12H2,1-3H3,(H,21,23)/t13-,14+/m1/s1. The fourth-order valence-corrected chi connectivity index (χ4v) is 2.62. The van der Waals surface area contributed by atoms with Crippen LogP contribution in [0.3, 0.4) is 0 Å². The van der Waals surface area contributed by atoms with E-state index >= 15 is 0 Å². The Kier molecular flexibility index (Phi) is 5.90. The van der Waals surface area contributed by atoms with Crippen LogP contribution in [0, 0.1) is 0 Å². The zero-order valence-corrected chi connectivity index (χ0v) is 13.8. The molecule has 0 bridgehead atoms. The van der Waals surface area contributed by atoms with E-state index in [4.69, 9.17) is 0 Å². The van der Waals surface area contributed by atoms with Gasteiger partial charge in [0.15, 0.2) is 0 Å². The third-order valence-electron chi connectivity index (χ3n) is 3.84. The molecule has 122 valence electrons. The molecule has 0 heterocycles. The fraction of sp³-hybridized carbons (Fsp3) is 0.316. The molecule has 23 heavy (non-hydrogen) atoms. The number of amides is 1. The van der Waals surface area contributed by atoms with Crippen molar-refractivity contribution in [3.8, 4) is 0 Å². The summed E-state index contributed by atoms with van der Waals surface area (Å²) in [6.07, 6.45) is 0. The van der Waals surface area contributed by atoms with Crippen molar-refractivity contribution in [2.24, 2.45) is 0 Å². The SMILES string of the molecule is CC(=O)Nc1cccc([C@H](C)N[C@H](C)c2cccc(CO)c2)c1. The largest absolute Gasteiger partial charge is 0.392 e. The van der Waals surface area contributed by atoms with Crippen LogP contribution < -0.4 is 10.6 Å². The molecule has 2 atom stereocenters. The maximum absolute atomic E-state index is 11.2. The molecule has 0 radical (unpaired) electrons. The maximum Gasteiger partial charge on any atom is 0.221 e. The lowest BCUT2D eigenvalue weighted by Crippen LogP contribution is -2.22. The van der Waals surface area contributed by atoms with Crippen LogP contribution in [0.2, 0.25) is 0 Å². The van der Waals surface area contributed by atoms with Crippen molar-refractivity contribution in [1.29, 1.82) is 0 Å². The van der Waals surface area contributed by atoms with Gasteiger partial charge in [-0.1, -0.05) is 36.4 Å². The van der Waals surface area contributed by atoms with E-state index in [0.717, 1.165) is 22.4 Å². The molecule has 0 unspecified atom stereocenters. The van der Waals surface area contributed by atoms with Crippen molar-refractivity contribution in [2.75, 3.05) is 5.32 Å². The number of hydrogen-bond donors (Lipinski definition) is 3. The molecule has 0 spiro atoms. The van der Waals surface area contributed by atoms with E-state index in [1.807, 2.05) is 42.5 Å². The molecule has 0 aromatic heterocycles. The van der Waals surface area contributed by atoms with Crippen molar-refractivity contribution in [3.63, 3.8) is 0 Å². The molecule has 2 aromatic rings. The van der Waals surface area contributed by atoms with Gasteiger partial charge in [0.2, 0.25) is 5.91 Å². The van der Waals surface area contributed by atoms with Gasteiger partial charge in [-0.15, -0.1) is 0 Å². The van der Waals surface area contributed by atoms with Crippen LogP contribution in [0.4, 0.5) is 5.69 Å². The summed E-state index contributed by atoms with van der Waals surface area (Å²) in [7, 11) is 0. The third kappa shape index (κ3) is 4.91. The Balaban J connectivity index is 2.08. The van der Waals surface area contributed by atoms with Crippen molar-refractivity contribution < 1.29 is 9.90 Å². The Morgan fingerprint density at radius 2 is 1.65 bits per heavy atom. The number of carbonyl (C=O) groups excluding carboxylic acids is 1. The van der Waals surface area contributed by atoms with E-state index < -0.39 is 0 Å². The zero-order chi connectivity index (χ0) is 16.8. The highest BCUT2D eigenvalue weighted by Crippen LogP contribution is 2.22. The predicted octanol–water partition coefficient (Wildman–Crippen LogP) is 3.55. The summed E-state index contributed by atoms with van der Waals surface area (Å²) in [6.45, 7) is 5.75. The molecule has 3 N–H and O–H groups in total. The minimum Gasteiger partial charge on any atom is -0.392 e. The second-order valence-corrected chi connectivity index (χ2v) is 5.82. The van der Waals surface area contributed by atoms with E-state index in [9.17, 15) is 9.90 Å². The van der Waals surface area contributed by atoms with Gasteiger partial charge in [0, 0.05) is 24.7 Å². The zero-order valence-electron chi connectivity index (χ0n) is 13.8. The van der Waals surface area contributed by atoms with Gasteiger partial charge < -0.3 is 15.7 Å². The summed E-state index contributed by atoms with van der Waals surface area (Å²) in [6, 6.07) is 16.1. The van der Waals surface area contributed by atoms with E-state index in [2.05, 4.69) is 30.5 Å². The lowest BCUT2D eigenvalue weighted by Gasteiger charge is -2.21. The Morgan fingerprint density at radius 1 is 1.04 bits per heavy atom. The molecule has 4 nitrogen and oxygen atoms in total. The number of aliphatic hydroxyl groups excluding tert-OH is 1. The first-order chi connectivity index (χ1) is 11.0. The number of anilines is 1. The van der Waals surface area contributed by atoms with Crippen LogP contribution in [0.1, 0.15) is 49.5 Å². The molecule has 0 saturated heterocycles. The van der Waals surface area contributed by atoms with E-state index in [-0.39, 0.29) is 24.6 Å². The Hall–Kier alpha value is -2.17. The molecule has 1 amide bonds. The maximum atomic E-state index is 11.2. The van der Waals surface area contributed by atoms with Crippen LogP contribution in [-0.4, -0.2) is 11.0 Å². The molecular weight excluding hydrogens is 288 g/mol. The lowest BCUT2D eigenvalue weighted by molar-refractivity contribution is -0.114. The highest BCUT2D eigenvalue weighted by atomic mass is 16.3. The second-order valence-electron chi connectivity index (χ2n) is 5.82. The number of hydrogen-bond acceptors (Lipinski definition) is 3. The van der Waals surface area contributed by atoms with Crippen molar-refractivity contribution in [2.45, 2.75) is 39.5 Å². The van der Waals surface area contributed by atoms with Crippen molar-refractivity contribution in [3.05, 3.63) is 65.2 Å². The van der Waals surface area contributed by atoms with E-state index in [1.54, 1.807) is 0 Å². The Morgan fingerprint density at radius 3 is 2.26 bits per heavy atom. The van der Waals surface area contributed by atoms with Gasteiger partial charge in [-0.2, -0.15) is 0 Å². The molecular formula is C19H24N2O2. The summed E-state index contributed by atoms with van der Waals surface area (Å²) >= 11 is 0. The molecule has 0 aliphatic heterocycles. The highest BCUT2D eigenvalue weighted by Gasteiger charge is 2.12. The van der Waals surface area contributed by atoms with Gasteiger partial charge in [0.1, 0.15) is 0 Å². The normalized spacial score (nSPS) is 13.4. The summed E-state index contributed by atoms with van der Waals surface area (Å²) in [5.41, 5.74) is 3.97. The van der Waals surface area contributed by atoms with Crippen LogP contribution in [-0.2, 0) is 11.4 Å². The molecule has 0 fully saturated rings. The topological polar surface area (TPSA) is 61.4 Å². The number of nitrogens with one attached hydrogen (secondary N) is 2. The van der Waals surface area contributed by atoms with E-state index in [1.165, 1.54) is 6.92 Å². The van der Waals surface area contributed by atoms with Gasteiger partial charge in [-0.05, 0) is 42.7 Å². The van der Waals surface area contributed by atoms with Crippen LogP contribution in [0.15, 0.2) is 48.5 Å². The molecule has 2 aromatic carbocycles. The summed E-state index contributed by atoms with van der Waals surface area (Å²) < 4.78 is 0. The van der Waals surface area contributed by atoms with Gasteiger partial charge in [-0.3, -0.25) is 4.79 Å². The number of benzene rings is 2. The number of aliphatic hydroxyl groups is 1. The van der Waals surface area contributed by atoms with Gasteiger partial charge in [-0.25, -0.2) is 0 Å². The van der Waals surface area contributed by atoms with Crippen LogP contribution in [0.25, 0.3) is 0 Å². The molecule has 2 rings (SSSR count). The minimum atomic E-state index is -0.0723. The van der Waals surface area contributed by atoms with E-state index in [0.29, 0.717) is 0 Å². The van der Waals surface area contributed by atoms with Crippen LogP contribution in [0.5, 0.6) is 0 Å². The predicted molar refractivity (Wildman–Crippen MR) is 93.1 cm³/mol. The fourth-order valence-electron chi connectivity index (χ4n) is 2.62. The average Bonchev–Trinajstić information content (AvgIpc) is 2.54. The highest BCUT2D eigenvalue weighted by molar-refractivity contribution is 5.88. The van der Waals surface area contributed by atoms with Gasteiger partial charge >= 0.3 is 0 Å². The summed E-state index contributed by atoms with van der Waals surface area (Å²) in [5.74, 6) is -0.0723. The first-order valence-electron chi connectivity index (χ1n) is 7.83. The number of carbonyl (C=O) groups is 1. The number of rotatable bonds is 6. The van der Waals surface area contributed by atoms with Crippen LogP contribution >= 0.6 is 0 Å². The Labute approximate surface area is 137 Å². The minimum absolute atomic E-state index is 0.0505. The smallest absolute Gasteiger partial charge is 0.221 e. The second kappa shape index (κ2) is 7.90. The van der Waals surface area contributed by atoms with Crippen molar-refractivity contribution in [1.82, 2.24) is 5.32 Å². The molecule has 0 aliphatic rings. The molecule has 4 heteroatoms. The summed E-state index contributed by atoms with van der Waals surface area (Å²) in [5, 5.41) is 15.6. The third-order valence-corrected chi connectivity index (χ3v) is 3.84.